The lowest BCUT2D eigenvalue weighted by atomic mass is 9.77. The molecular weight excluding hydrogens is 281 g/mol. The number of hydrogen-bond acceptors (Lipinski definition) is 2. The van der Waals surface area contributed by atoms with E-state index in [1.807, 2.05) is 11.8 Å². The largest absolute Gasteiger partial charge is 0.481 e. The van der Waals surface area contributed by atoms with E-state index in [-0.39, 0.29) is 5.02 Å². The van der Waals surface area contributed by atoms with Gasteiger partial charge in [-0.1, -0.05) is 30.7 Å². The summed E-state index contributed by atoms with van der Waals surface area (Å²) in [6.07, 6.45) is 2.10. The maximum Gasteiger partial charge on any atom is 0.310 e. The molecule has 5 heteroatoms. The van der Waals surface area contributed by atoms with Gasteiger partial charge in [0, 0.05) is 18.7 Å². The zero-order valence-electron chi connectivity index (χ0n) is 11.5. The van der Waals surface area contributed by atoms with Crippen molar-refractivity contribution in [1.29, 1.82) is 0 Å². The summed E-state index contributed by atoms with van der Waals surface area (Å²) >= 11 is 5.78. The number of nitrogens with zero attached hydrogens (tertiary/aromatic N) is 1. The van der Waals surface area contributed by atoms with Gasteiger partial charge in [-0.25, -0.2) is 4.39 Å². The van der Waals surface area contributed by atoms with Crippen LogP contribution in [0.25, 0.3) is 0 Å². The van der Waals surface area contributed by atoms with Gasteiger partial charge in [0.2, 0.25) is 0 Å². The molecule has 0 spiro atoms. The first-order chi connectivity index (χ1) is 9.48. The molecule has 0 saturated carbocycles. The van der Waals surface area contributed by atoms with Crippen LogP contribution < -0.4 is 0 Å². The molecule has 0 amide bonds. The maximum atomic E-state index is 13.9. The van der Waals surface area contributed by atoms with Crippen molar-refractivity contribution >= 4 is 17.6 Å². The molecule has 3 nitrogen and oxygen atoms in total. The van der Waals surface area contributed by atoms with E-state index in [0.29, 0.717) is 31.5 Å². The van der Waals surface area contributed by atoms with E-state index in [9.17, 15) is 14.3 Å². The highest BCUT2D eigenvalue weighted by Crippen LogP contribution is 2.34. The second kappa shape index (κ2) is 6.10. The first-order valence-electron chi connectivity index (χ1n) is 6.87. The van der Waals surface area contributed by atoms with Crippen LogP contribution in [0.5, 0.6) is 0 Å². The molecule has 1 atom stereocenters. The predicted octanol–water partition coefficient (Wildman–Crippen LogP) is 3.56. The molecule has 0 bridgehead atoms. The molecule has 20 heavy (non-hydrogen) atoms. The van der Waals surface area contributed by atoms with Crippen molar-refractivity contribution in [2.75, 3.05) is 13.1 Å². The standard InChI is InChI=1S/C15H19ClFNO2/c1-2-15(14(19)20)7-4-8-18(10-15)9-11-5-3-6-12(16)13(11)17/h3,5-6H,2,4,7-10H2,1H3,(H,19,20). The average Bonchev–Trinajstić information content (AvgIpc) is 2.44. The van der Waals surface area contributed by atoms with E-state index >= 15 is 0 Å². The number of piperidine rings is 1. The second-order valence-corrected chi connectivity index (χ2v) is 5.87. The van der Waals surface area contributed by atoms with E-state index in [0.717, 1.165) is 13.0 Å². The minimum Gasteiger partial charge on any atom is -0.481 e. The summed E-state index contributed by atoms with van der Waals surface area (Å²) in [7, 11) is 0. The SMILES string of the molecule is CCC1(C(=O)O)CCCN(Cc2cccc(Cl)c2F)C1. The highest BCUT2D eigenvalue weighted by molar-refractivity contribution is 6.30. The lowest BCUT2D eigenvalue weighted by Crippen LogP contribution is -2.47. The third-order valence-electron chi connectivity index (χ3n) is 4.21. The zero-order valence-corrected chi connectivity index (χ0v) is 12.3. The monoisotopic (exact) mass is 299 g/mol. The van der Waals surface area contributed by atoms with Crippen molar-refractivity contribution in [2.24, 2.45) is 5.41 Å². The summed E-state index contributed by atoms with van der Waals surface area (Å²) in [5.74, 6) is -1.16. The number of carboxylic acid groups (broad SMARTS) is 1. The lowest BCUT2D eigenvalue weighted by Gasteiger charge is -2.39. The molecule has 1 heterocycles. The molecule has 1 saturated heterocycles. The van der Waals surface area contributed by atoms with Crippen LogP contribution in [0.1, 0.15) is 31.7 Å². The minimum absolute atomic E-state index is 0.111. The molecule has 1 fully saturated rings. The third-order valence-corrected chi connectivity index (χ3v) is 4.50. The fourth-order valence-corrected chi connectivity index (χ4v) is 3.08. The Kier molecular flexibility index (Phi) is 4.66. The van der Waals surface area contributed by atoms with Crippen LogP contribution in [0.3, 0.4) is 0 Å². The van der Waals surface area contributed by atoms with Crippen LogP contribution in [0.4, 0.5) is 4.39 Å². The van der Waals surface area contributed by atoms with Crippen molar-refractivity contribution < 1.29 is 14.3 Å². The molecule has 1 N–H and O–H groups in total. The van der Waals surface area contributed by atoms with E-state index < -0.39 is 17.2 Å². The van der Waals surface area contributed by atoms with Gasteiger partial charge in [0.25, 0.3) is 0 Å². The van der Waals surface area contributed by atoms with Crippen molar-refractivity contribution in [3.63, 3.8) is 0 Å². The van der Waals surface area contributed by atoms with Crippen LogP contribution >= 0.6 is 11.6 Å². The smallest absolute Gasteiger partial charge is 0.310 e. The van der Waals surface area contributed by atoms with E-state index in [1.165, 1.54) is 6.07 Å². The van der Waals surface area contributed by atoms with Crippen molar-refractivity contribution in [2.45, 2.75) is 32.7 Å². The molecule has 0 aromatic heterocycles. The number of carbonyl (C=O) groups is 1. The van der Waals surface area contributed by atoms with Gasteiger partial charge in [0.1, 0.15) is 5.82 Å². The number of carboxylic acids is 1. The molecule has 0 radical (unpaired) electrons. The van der Waals surface area contributed by atoms with Gasteiger partial charge in [-0.05, 0) is 31.9 Å². The second-order valence-electron chi connectivity index (χ2n) is 5.47. The molecule has 0 aliphatic carbocycles. The first-order valence-corrected chi connectivity index (χ1v) is 7.25. The fraction of sp³-hybridized carbons (Fsp3) is 0.533. The number of aliphatic carboxylic acids is 1. The number of rotatable bonds is 4. The Balaban J connectivity index is 2.14. The molecule has 110 valence electrons. The average molecular weight is 300 g/mol. The summed E-state index contributed by atoms with van der Waals surface area (Å²) in [6.45, 7) is 3.56. The topological polar surface area (TPSA) is 40.5 Å². The van der Waals surface area contributed by atoms with E-state index in [2.05, 4.69) is 0 Å². The Hall–Kier alpha value is -1.13. The summed E-state index contributed by atoms with van der Waals surface area (Å²) in [6, 6.07) is 4.93. The van der Waals surface area contributed by atoms with E-state index in [1.54, 1.807) is 12.1 Å². The van der Waals surface area contributed by atoms with Crippen molar-refractivity contribution in [1.82, 2.24) is 4.90 Å². The van der Waals surface area contributed by atoms with Crippen LogP contribution in [0.15, 0.2) is 18.2 Å². The minimum atomic E-state index is -0.753. The fourth-order valence-electron chi connectivity index (χ4n) is 2.89. The van der Waals surface area contributed by atoms with Gasteiger partial charge in [0.05, 0.1) is 10.4 Å². The Labute approximate surface area is 123 Å². The van der Waals surface area contributed by atoms with Gasteiger partial charge in [-0.2, -0.15) is 0 Å². The predicted molar refractivity (Wildman–Crippen MR) is 76.3 cm³/mol. The highest BCUT2D eigenvalue weighted by atomic mass is 35.5. The summed E-state index contributed by atoms with van der Waals surface area (Å²) in [5.41, 5.74) is -0.178. The molecule has 2 rings (SSSR count). The van der Waals surface area contributed by atoms with Crippen molar-refractivity contribution in [3.8, 4) is 0 Å². The molecule has 1 aromatic carbocycles. The quantitative estimate of drug-likeness (QED) is 0.924. The number of benzene rings is 1. The van der Waals surface area contributed by atoms with Crippen LogP contribution in [-0.2, 0) is 11.3 Å². The maximum absolute atomic E-state index is 13.9. The summed E-state index contributed by atoms with van der Waals surface area (Å²) in [4.78, 5) is 13.5. The molecule has 1 aromatic rings. The van der Waals surface area contributed by atoms with Crippen molar-refractivity contribution in [3.05, 3.63) is 34.6 Å². The van der Waals surface area contributed by atoms with Gasteiger partial charge in [0.15, 0.2) is 0 Å². The first kappa shape index (κ1) is 15.3. The van der Waals surface area contributed by atoms with Gasteiger partial charge in [-0.15, -0.1) is 0 Å². The highest BCUT2D eigenvalue weighted by Gasteiger charge is 2.40. The zero-order chi connectivity index (χ0) is 14.8. The van der Waals surface area contributed by atoms with Gasteiger partial charge >= 0.3 is 5.97 Å². The Morgan fingerprint density at radius 3 is 2.95 bits per heavy atom. The Bertz CT molecular complexity index is 509. The number of hydrogen-bond donors (Lipinski definition) is 1. The number of halogens is 2. The summed E-state index contributed by atoms with van der Waals surface area (Å²) < 4.78 is 13.9. The molecule has 1 aliphatic heterocycles. The summed E-state index contributed by atoms with van der Waals surface area (Å²) in [5, 5.41) is 9.56. The molecular formula is C15H19ClFNO2. The van der Waals surface area contributed by atoms with Crippen LogP contribution in [0.2, 0.25) is 5.02 Å². The molecule has 1 aliphatic rings. The van der Waals surface area contributed by atoms with Gasteiger partial charge in [-0.3, -0.25) is 9.69 Å². The van der Waals surface area contributed by atoms with Gasteiger partial charge < -0.3 is 5.11 Å². The Morgan fingerprint density at radius 1 is 1.55 bits per heavy atom. The van der Waals surface area contributed by atoms with Crippen LogP contribution in [-0.4, -0.2) is 29.1 Å². The third kappa shape index (κ3) is 2.96. The normalized spacial score (nSPS) is 23.8. The molecule has 1 unspecified atom stereocenters. The number of likely N-dealkylation sites (tertiary alicyclic amines) is 1. The lowest BCUT2D eigenvalue weighted by molar-refractivity contribution is -0.153. The Morgan fingerprint density at radius 2 is 2.30 bits per heavy atom. The van der Waals surface area contributed by atoms with Crippen LogP contribution in [0, 0.1) is 11.2 Å². The van der Waals surface area contributed by atoms with E-state index in [4.69, 9.17) is 11.6 Å².